The van der Waals surface area contributed by atoms with Gasteiger partial charge in [-0.3, -0.25) is 10.1 Å². The smallest absolute Gasteiger partial charge is 0.244 e. The van der Waals surface area contributed by atoms with E-state index in [1.807, 2.05) is 0 Å². The largest absolute Gasteiger partial charge is 0.325 e. The van der Waals surface area contributed by atoms with Gasteiger partial charge in [0, 0.05) is 6.04 Å². The molecule has 3 rings (SSSR count). The van der Waals surface area contributed by atoms with Crippen molar-refractivity contribution < 1.29 is 4.79 Å². The number of carbonyl (C=O) groups is 1. The fraction of sp³-hybridized carbons (Fsp3) is 0.909. The summed E-state index contributed by atoms with van der Waals surface area (Å²) in [5.74, 6) is 0.393. The monoisotopic (exact) mass is 194 g/mol. The summed E-state index contributed by atoms with van der Waals surface area (Å²) in [4.78, 5) is 14.2. The Hall–Kier alpha value is -0.570. The molecule has 2 aliphatic carbocycles. The van der Waals surface area contributed by atoms with Crippen molar-refractivity contribution in [1.29, 1.82) is 0 Å². The third kappa shape index (κ3) is 1.18. The second-order valence-corrected chi connectivity index (χ2v) is 4.98. The molecule has 14 heavy (non-hydrogen) atoms. The molecule has 2 saturated carbocycles. The Morgan fingerprint density at radius 3 is 2.50 bits per heavy atom. The lowest BCUT2D eigenvalue weighted by molar-refractivity contribution is -0.132. The third-order valence-electron chi connectivity index (χ3n) is 4.02. The summed E-state index contributed by atoms with van der Waals surface area (Å²) < 4.78 is 0. The van der Waals surface area contributed by atoms with Crippen molar-refractivity contribution in [3.63, 3.8) is 0 Å². The fourth-order valence-corrected chi connectivity index (χ4v) is 2.86. The van der Waals surface area contributed by atoms with E-state index in [0.717, 1.165) is 19.5 Å². The summed E-state index contributed by atoms with van der Waals surface area (Å²) in [7, 11) is 0. The first-order chi connectivity index (χ1) is 6.82. The summed E-state index contributed by atoms with van der Waals surface area (Å²) in [6, 6.07) is 0.545. The van der Waals surface area contributed by atoms with Crippen LogP contribution in [0.15, 0.2) is 0 Å². The van der Waals surface area contributed by atoms with Gasteiger partial charge in [-0.25, -0.2) is 0 Å². The molecule has 78 valence electrons. The lowest BCUT2D eigenvalue weighted by Gasteiger charge is -2.30. The number of hydrogen-bond donors (Lipinski definition) is 1. The molecule has 3 aliphatic rings. The van der Waals surface area contributed by atoms with Crippen molar-refractivity contribution in [1.82, 2.24) is 10.2 Å². The van der Waals surface area contributed by atoms with Crippen LogP contribution in [0.25, 0.3) is 0 Å². The predicted molar refractivity (Wildman–Crippen MR) is 53.7 cm³/mol. The molecule has 1 amide bonds. The molecule has 3 nitrogen and oxygen atoms in total. The Morgan fingerprint density at radius 1 is 1.21 bits per heavy atom. The van der Waals surface area contributed by atoms with Gasteiger partial charge in [-0.05, 0) is 25.7 Å². The van der Waals surface area contributed by atoms with Crippen molar-refractivity contribution in [2.45, 2.75) is 56.5 Å². The molecule has 0 radical (unpaired) electrons. The highest BCUT2D eigenvalue weighted by Crippen LogP contribution is 2.41. The minimum atomic E-state index is -0.0859. The highest BCUT2D eigenvalue weighted by atomic mass is 16.2. The Labute approximate surface area is 84.8 Å². The maximum atomic E-state index is 12.1. The number of carbonyl (C=O) groups excluding carboxylic acids is 1. The molecule has 0 atom stereocenters. The molecule has 1 saturated heterocycles. The Bertz CT molecular complexity index is 254. The molecular formula is C11H18N2O. The topological polar surface area (TPSA) is 32.3 Å². The average Bonchev–Trinajstić information content (AvgIpc) is 2.93. The second-order valence-electron chi connectivity index (χ2n) is 4.98. The van der Waals surface area contributed by atoms with E-state index < -0.39 is 0 Å². The highest BCUT2D eigenvalue weighted by molar-refractivity contribution is 5.91. The molecule has 3 fully saturated rings. The SMILES string of the molecule is O=C1N(C2CCCCC2)CNC12CC2. The molecular weight excluding hydrogens is 176 g/mol. The van der Waals surface area contributed by atoms with Crippen LogP contribution >= 0.6 is 0 Å². The summed E-state index contributed by atoms with van der Waals surface area (Å²) in [5, 5.41) is 3.38. The van der Waals surface area contributed by atoms with Crippen LogP contribution in [0, 0.1) is 0 Å². The van der Waals surface area contributed by atoms with Gasteiger partial charge in [-0.15, -0.1) is 0 Å². The van der Waals surface area contributed by atoms with E-state index in [9.17, 15) is 4.79 Å². The van der Waals surface area contributed by atoms with Gasteiger partial charge in [0.15, 0.2) is 0 Å². The van der Waals surface area contributed by atoms with E-state index in [-0.39, 0.29) is 5.54 Å². The lowest BCUT2D eigenvalue weighted by atomic mass is 9.94. The van der Waals surface area contributed by atoms with Crippen LogP contribution in [0.4, 0.5) is 0 Å². The predicted octanol–water partition coefficient (Wildman–Crippen LogP) is 1.24. The van der Waals surface area contributed by atoms with Crippen molar-refractivity contribution in [2.24, 2.45) is 0 Å². The lowest BCUT2D eigenvalue weighted by Crippen LogP contribution is -2.40. The zero-order valence-corrected chi connectivity index (χ0v) is 8.59. The van der Waals surface area contributed by atoms with Gasteiger partial charge < -0.3 is 4.90 Å². The third-order valence-corrected chi connectivity index (χ3v) is 4.02. The molecule has 0 aromatic carbocycles. The molecule has 1 heterocycles. The Kier molecular flexibility index (Phi) is 1.84. The van der Waals surface area contributed by atoms with Gasteiger partial charge in [-0.2, -0.15) is 0 Å². The Morgan fingerprint density at radius 2 is 1.93 bits per heavy atom. The van der Waals surface area contributed by atoms with Crippen LogP contribution in [-0.2, 0) is 4.79 Å². The van der Waals surface area contributed by atoms with E-state index in [1.165, 1.54) is 32.1 Å². The molecule has 1 aliphatic heterocycles. The van der Waals surface area contributed by atoms with Crippen molar-refractivity contribution >= 4 is 5.91 Å². The first kappa shape index (κ1) is 8.72. The van der Waals surface area contributed by atoms with E-state index >= 15 is 0 Å². The van der Waals surface area contributed by atoms with E-state index in [0.29, 0.717) is 11.9 Å². The first-order valence-electron chi connectivity index (χ1n) is 5.88. The maximum Gasteiger partial charge on any atom is 0.244 e. The van der Waals surface area contributed by atoms with E-state index in [1.54, 1.807) is 0 Å². The van der Waals surface area contributed by atoms with Gasteiger partial charge in [0.05, 0.1) is 12.2 Å². The van der Waals surface area contributed by atoms with Crippen molar-refractivity contribution in [2.75, 3.05) is 6.67 Å². The van der Waals surface area contributed by atoms with E-state index in [4.69, 9.17) is 0 Å². The molecule has 0 aromatic heterocycles. The molecule has 0 aromatic rings. The van der Waals surface area contributed by atoms with Gasteiger partial charge in [0.2, 0.25) is 5.91 Å². The van der Waals surface area contributed by atoms with Gasteiger partial charge in [0.25, 0.3) is 0 Å². The van der Waals surface area contributed by atoms with Crippen LogP contribution in [0.3, 0.4) is 0 Å². The normalized spacial score (nSPS) is 31.4. The van der Waals surface area contributed by atoms with Crippen LogP contribution in [0.1, 0.15) is 44.9 Å². The molecule has 3 heteroatoms. The van der Waals surface area contributed by atoms with Crippen molar-refractivity contribution in [3.8, 4) is 0 Å². The number of nitrogens with zero attached hydrogens (tertiary/aromatic N) is 1. The molecule has 1 N–H and O–H groups in total. The molecule has 0 unspecified atom stereocenters. The quantitative estimate of drug-likeness (QED) is 0.681. The van der Waals surface area contributed by atoms with Crippen LogP contribution in [0.5, 0.6) is 0 Å². The number of nitrogens with one attached hydrogen (secondary N) is 1. The summed E-state index contributed by atoms with van der Waals surface area (Å²) in [6.45, 7) is 0.809. The van der Waals surface area contributed by atoms with Crippen LogP contribution in [-0.4, -0.2) is 29.1 Å². The highest BCUT2D eigenvalue weighted by Gasteiger charge is 2.56. The maximum absolute atomic E-state index is 12.1. The summed E-state index contributed by atoms with van der Waals surface area (Å²) in [5.41, 5.74) is -0.0859. The first-order valence-corrected chi connectivity index (χ1v) is 5.88. The zero-order chi connectivity index (χ0) is 9.60. The van der Waals surface area contributed by atoms with Crippen LogP contribution in [0.2, 0.25) is 0 Å². The average molecular weight is 194 g/mol. The number of hydrogen-bond acceptors (Lipinski definition) is 2. The molecule has 0 bridgehead atoms. The number of amides is 1. The summed E-state index contributed by atoms with van der Waals surface area (Å²) in [6.07, 6.45) is 8.55. The standard InChI is InChI=1S/C11H18N2O/c14-10-11(6-7-11)12-8-13(10)9-4-2-1-3-5-9/h9,12H,1-8H2. The Balaban J connectivity index is 1.70. The minimum Gasteiger partial charge on any atom is -0.325 e. The minimum absolute atomic E-state index is 0.0859. The fourth-order valence-electron chi connectivity index (χ4n) is 2.86. The number of rotatable bonds is 1. The summed E-state index contributed by atoms with van der Waals surface area (Å²) >= 11 is 0. The van der Waals surface area contributed by atoms with Gasteiger partial charge in [0.1, 0.15) is 0 Å². The second kappa shape index (κ2) is 2.96. The molecule has 1 spiro atoms. The van der Waals surface area contributed by atoms with Crippen LogP contribution < -0.4 is 5.32 Å². The van der Waals surface area contributed by atoms with Gasteiger partial charge >= 0.3 is 0 Å². The van der Waals surface area contributed by atoms with Gasteiger partial charge in [-0.1, -0.05) is 19.3 Å². The van der Waals surface area contributed by atoms with Crippen molar-refractivity contribution in [3.05, 3.63) is 0 Å². The van der Waals surface area contributed by atoms with E-state index in [2.05, 4.69) is 10.2 Å². The zero-order valence-electron chi connectivity index (χ0n) is 8.59.